The topological polar surface area (TPSA) is 68.0 Å². The molecule has 2 aromatic carbocycles. The number of halogens is 1. The molecule has 1 saturated heterocycles. The van der Waals surface area contributed by atoms with Crippen LogP contribution in [0.25, 0.3) is 33.2 Å². The van der Waals surface area contributed by atoms with Gasteiger partial charge in [0.25, 0.3) is 5.91 Å². The molecule has 1 aliphatic rings. The Bertz CT molecular complexity index is 1190. The van der Waals surface area contributed by atoms with Crippen molar-refractivity contribution in [3.05, 3.63) is 53.1 Å². The average Bonchev–Trinajstić information content (AvgIpc) is 3.30. The molecule has 2 aromatic heterocycles. The zero-order chi connectivity index (χ0) is 19.3. The van der Waals surface area contributed by atoms with Gasteiger partial charge in [-0.1, -0.05) is 17.7 Å². The number of rotatable bonds is 2. The van der Waals surface area contributed by atoms with Gasteiger partial charge in [0.2, 0.25) is 0 Å². The van der Waals surface area contributed by atoms with E-state index in [4.69, 9.17) is 11.6 Å². The minimum atomic E-state index is 0.0889. The molecule has 2 N–H and O–H groups in total. The van der Waals surface area contributed by atoms with Crippen molar-refractivity contribution in [1.82, 2.24) is 25.0 Å². The van der Waals surface area contributed by atoms with Crippen molar-refractivity contribution in [3.8, 4) is 11.4 Å². The van der Waals surface area contributed by atoms with Gasteiger partial charge in [0.05, 0.1) is 11.2 Å². The van der Waals surface area contributed by atoms with Crippen molar-refractivity contribution >= 4 is 39.3 Å². The fraction of sp³-hybridized carbons (Fsp3) is 0.238. The second-order valence-electron chi connectivity index (χ2n) is 7.34. The van der Waals surface area contributed by atoms with Crippen molar-refractivity contribution in [2.75, 3.05) is 33.2 Å². The summed E-state index contributed by atoms with van der Waals surface area (Å²) in [5.41, 5.74) is 4.29. The van der Waals surface area contributed by atoms with Gasteiger partial charge in [-0.15, -0.1) is 0 Å². The lowest BCUT2D eigenvalue weighted by Gasteiger charge is -2.32. The van der Waals surface area contributed by atoms with E-state index in [9.17, 15) is 4.79 Å². The molecule has 0 aliphatic carbocycles. The Balaban J connectivity index is 1.49. The van der Waals surface area contributed by atoms with E-state index in [0.717, 1.165) is 59.4 Å². The van der Waals surface area contributed by atoms with Crippen molar-refractivity contribution in [2.45, 2.75) is 0 Å². The third-order valence-corrected chi connectivity index (χ3v) is 5.68. The molecule has 3 heterocycles. The standard InChI is InChI=1S/C21H20ClN5O/c1-26-6-8-27(9-7-26)21(28)14-3-2-13-10-19(23-17(13)11-14)20-16-5-4-15(22)12-18(16)24-25-20/h2-5,10-12,23H,6-9H2,1H3,(H,24,25). The normalized spacial score (nSPS) is 15.6. The number of piperazine rings is 1. The van der Waals surface area contributed by atoms with Crippen LogP contribution in [-0.2, 0) is 0 Å². The molecule has 7 heteroatoms. The smallest absolute Gasteiger partial charge is 0.254 e. The van der Waals surface area contributed by atoms with Gasteiger partial charge in [-0.2, -0.15) is 5.10 Å². The number of carbonyl (C=O) groups excluding carboxylic acids is 1. The maximum atomic E-state index is 12.9. The molecule has 5 rings (SSSR count). The van der Waals surface area contributed by atoms with Gasteiger partial charge in [-0.05, 0) is 43.4 Å². The number of hydrogen-bond donors (Lipinski definition) is 2. The number of hydrogen-bond acceptors (Lipinski definition) is 3. The lowest BCUT2D eigenvalue weighted by atomic mass is 10.1. The highest BCUT2D eigenvalue weighted by Gasteiger charge is 2.21. The summed E-state index contributed by atoms with van der Waals surface area (Å²) in [5, 5.41) is 10.2. The van der Waals surface area contributed by atoms with Gasteiger partial charge < -0.3 is 14.8 Å². The van der Waals surface area contributed by atoms with E-state index in [1.54, 1.807) is 0 Å². The fourth-order valence-electron chi connectivity index (χ4n) is 3.78. The molecule has 142 valence electrons. The van der Waals surface area contributed by atoms with Gasteiger partial charge in [-0.3, -0.25) is 9.89 Å². The van der Waals surface area contributed by atoms with Crippen LogP contribution >= 0.6 is 11.6 Å². The van der Waals surface area contributed by atoms with Gasteiger partial charge in [0.15, 0.2) is 0 Å². The van der Waals surface area contributed by atoms with Gasteiger partial charge in [0.1, 0.15) is 5.69 Å². The number of benzene rings is 2. The van der Waals surface area contributed by atoms with E-state index in [1.165, 1.54) is 0 Å². The number of carbonyl (C=O) groups is 1. The first-order valence-corrected chi connectivity index (χ1v) is 9.71. The maximum Gasteiger partial charge on any atom is 0.254 e. The Labute approximate surface area is 167 Å². The largest absolute Gasteiger partial charge is 0.353 e. The molecule has 6 nitrogen and oxygen atoms in total. The van der Waals surface area contributed by atoms with E-state index >= 15 is 0 Å². The zero-order valence-electron chi connectivity index (χ0n) is 15.5. The van der Waals surface area contributed by atoms with E-state index in [0.29, 0.717) is 10.6 Å². The molecule has 1 aliphatic heterocycles. The minimum absolute atomic E-state index is 0.0889. The van der Waals surface area contributed by atoms with Crippen molar-refractivity contribution in [2.24, 2.45) is 0 Å². The van der Waals surface area contributed by atoms with Crippen LogP contribution in [-0.4, -0.2) is 64.1 Å². The van der Waals surface area contributed by atoms with Crippen LogP contribution in [0.3, 0.4) is 0 Å². The van der Waals surface area contributed by atoms with Crippen LogP contribution < -0.4 is 0 Å². The summed E-state index contributed by atoms with van der Waals surface area (Å²) >= 11 is 6.06. The molecular weight excluding hydrogens is 374 g/mol. The highest BCUT2D eigenvalue weighted by molar-refractivity contribution is 6.31. The number of H-pyrrole nitrogens is 2. The second kappa shape index (κ2) is 6.65. The molecular formula is C21H20ClN5O. The lowest BCUT2D eigenvalue weighted by Crippen LogP contribution is -2.47. The Kier molecular flexibility index (Phi) is 4.10. The summed E-state index contributed by atoms with van der Waals surface area (Å²) in [6, 6.07) is 13.6. The number of amides is 1. The predicted molar refractivity (Wildman–Crippen MR) is 112 cm³/mol. The summed E-state index contributed by atoms with van der Waals surface area (Å²) < 4.78 is 0. The van der Waals surface area contributed by atoms with Crippen LogP contribution in [0.4, 0.5) is 0 Å². The van der Waals surface area contributed by atoms with Crippen molar-refractivity contribution in [1.29, 1.82) is 0 Å². The maximum absolute atomic E-state index is 12.9. The molecule has 0 bridgehead atoms. The average molecular weight is 394 g/mol. The molecule has 4 aromatic rings. The first kappa shape index (κ1) is 17.3. The molecule has 0 radical (unpaired) electrons. The fourth-order valence-corrected chi connectivity index (χ4v) is 3.95. The first-order valence-electron chi connectivity index (χ1n) is 9.33. The summed E-state index contributed by atoms with van der Waals surface area (Å²) in [4.78, 5) is 20.4. The summed E-state index contributed by atoms with van der Waals surface area (Å²) in [5.74, 6) is 0.0889. The number of aromatic nitrogens is 3. The minimum Gasteiger partial charge on any atom is -0.353 e. The Morgan fingerprint density at radius 2 is 1.86 bits per heavy atom. The number of likely N-dealkylation sites (N-methyl/N-ethyl adjacent to an activating group) is 1. The quantitative estimate of drug-likeness (QED) is 0.545. The molecule has 28 heavy (non-hydrogen) atoms. The highest BCUT2D eigenvalue weighted by Crippen LogP contribution is 2.30. The SMILES string of the molecule is CN1CCN(C(=O)c2ccc3cc(-c4n[nH]c5cc(Cl)ccc45)[nH]c3c2)CC1. The van der Waals surface area contributed by atoms with E-state index in [-0.39, 0.29) is 5.91 Å². The molecule has 0 saturated carbocycles. The molecule has 0 atom stereocenters. The number of fused-ring (bicyclic) bond motifs is 2. The monoisotopic (exact) mass is 393 g/mol. The Hall–Kier alpha value is -2.83. The van der Waals surface area contributed by atoms with Crippen LogP contribution in [0, 0.1) is 0 Å². The van der Waals surface area contributed by atoms with Gasteiger partial charge in [0, 0.05) is 53.1 Å². The molecule has 0 unspecified atom stereocenters. The molecule has 0 spiro atoms. The number of aromatic amines is 2. The lowest BCUT2D eigenvalue weighted by molar-refractivity contribution is 0.0664. The second-order valence-corrected chi connectivity index (χ2v) is 7.78. The summed E-state index contributed by atoms with van der Waals surface area (Å²) in [6.07, 6.45) is 0. The number of nitrogens with zero attached hydrogens (tertiary/aromatic N) is 3. The Morgan fingerprint density at radius 3 is 2.68 bits per heavy atom. The third-order valence-electron chi connectivity index (χ3n) is 5.44. The highest BCUT2D eigenvalue weighted by atomic mass is 35.5. The summed E-state index contributed by atoms with van der Waals surface area (Å²) in [7, 11) is 2.08. The number of nitrogens with one attached hydrogen (secondary N) is 2. The van der Waals surface area contributed by atoms with Crippen LogP contribution in [0.1, 0.15) is 10.4 Å². The van der Waals surface area contributed by atoms with E-state index in [2.05, 4.69) is 33.2 Å². The van der Waals surface area contributed by atoms with E-state index in [1.807, 2.05) is 41.3 Å². The van der Waals surface area contributed by atoms with Crippen LogP contribution in [0.2, 0.25) is 5.02 Å². The zero-order valence-corrected chi connectivity index (χ0v) is 16.3. The first-order chi connectivity index (χ1) is 13.6. The van der Waals surface area contributed by atoms with Gasteiger partial charge >= 0.3 is 0 Å². The summed E-state index contributed by atoms with van der Waals surface area (Å²) in [6.45, 7) is 3.37. The van der Waals surface area contributed by atoms with Crippen molar-refractivity contribution in [3.63, 3.8) is 0 Å². The molecule has 1 amide bonds. The van der Waals surface area contributed by atoms with Gasteiger partial charge in [-0.25, -0.2) is 0 Å². The predicted octanol–water partition coefficient (Wildman–Crippen LogP) is 3.75. The van der Waals surface area contributed by atoms with Crippen molar-refractivity contribution < 1.29 is 4.79 Å². The Morgan fingerprint density at radius 1 is 1.04 bits per heavy atom. The van der Waals surface area contributed by atoms with Crippen LogP contribution in [0.5, 0.6) is 0 Å². The van der Waals surface area contributed by atoms with E-state index < -0.39 is 0 Å². The van der Waals surface area contributed by atoms with Crippen LogP contribution in [0.15, 0.2) is 42.5 Å². The molecule has 1 fully saturated rings. The third kappa shape index (κ3) is 2.95.